The third kappa shape index (κ3) is 4.47. The van der Waals surface area contributed by atoms with E-state index in [0.717, 1.165) is 0 Å². The van der Waals surface area contributed by atoms with Crippen molar-refractivity contribution < 1.29 is 23.9 Å². The third-order valence-electron chi connectivity index (χ3n) is 4.13. The molecule has 134 valence electrons. The summed E-state index contributed by atoms with van der Waals surface area (Å²) in [6, 6.07) is 5.19. The molecule has 0 spiro atoms. The monoisotopic (exact) mass is 345 g/mol. The second-order valence-electron chi connectivity index (χ2n) is 6.83. The van der Waals surface area contributed by atoms with Crippen LogP contribution in [0.1, 0.15) is 26.7 Å². The summed E-state index contributed by atoms with van der Waals surface area (Å²) >= 11 is 0. The van der Waals surface area contributed by atoms with Gasteiger partial charge in [0.1, 0.15) is 17.4 Å². The minimum atomic E-state index is -1.18. The topological polar surface area (TPSA) is 81.7 Å². The Hall–Kier alpha value is -2.63. The van der Waals surface area contributed by atoms with Crippen LogP contribution in [-0.4, -0.2) is 31.6 Å². The smallest absolute Gasteiger partial charge is 0.175 e. The molecular formula is C19H23NO5. The Labute approximate surface area is 147 Å². The molecule has 1 aromatic rings. The summed E-state index contributed by atoms with van der Waals surface area (Å²) < 4.78 is 10.4. The molecule has 2 rings (SSSR count). The van der Waals surface area contributed by atoms with Gasteiger partial charge in [0.2, 0.25) is 0 Å². The van der Waals surface area contributed by atoms with Gasteiger partial charge in [-0.2, -0.15) is 0 Å². The maximum atomic E-state index is 12.3. The molecule has 0 aromatic heterocycles. The highest BCUT2D eigenvalue weighted by molar-refractivity contribution is 6.23. The fourth-order valence-corrected chi connectivity index (χ4v) is 2.94. The van der Waals surface area contributed by atoms with Crippen molar-refractivity contribution in [2.45, 2.75) is 26.7 Å². The molecule has 0 unspecified atom stereocenters. The zero-order valence-corrected chi connectivity index (χ0v) is 14.9. The van der Waals surface area contributed by atoms with Gasteiger partial charge in [-0.25, -0.2) is 0 Å². The van der Waals surface area contributed by atoms with Crippen molar-refractivity contribution in [3.05, 3.63) is 30.5 Å². The number of carbonyl (C=O) groups is 3. The fourth-order valence-electron chi connectivity index (χ4n) is 2.94. The Morgan fingerprint density at radius 1 is 1.16 bits per heavy atom. The van der Waals surface area contributed by atoms with Crippen molar-refractivity contribution in [3.63, 3.8) is 0 Å². The third-order valence-corrected chi connectivity index (χ3v) is 4.13. The number of ketones is 3. The molecule has 0 atom stereocenters. The van der Waals surface area contributed by atoms with Gasteiger partial charge in [-0.3, -0.25) is 14.4 Å². The molecule has 1 fully saturated rings. The van der Waals surface area contributed by atoms with Gasteiger partial charge < -0.3 is 14.8 Å². The van der Waals surface area contributed by atoms with Gasteiger partial charge in [-0.1, -0.05) is 13.8 Å². The van der Waals surface area contributed by atoms with E-state index in [1.54, 1.807) is 25.3 Å². The van der Waals surface area contributed by atoms with Crippen molar-refractivity contribution in [1.82, 2.24) is 0 Å². The molecule has 1 aliphatic carbocycles. The molecular weight excluding hydrogens is 322 g/mol. The molecule has 1 saturated carbocycles. The minimum absolute atomic E-state index is 0.236. The van der Waals surface area contributed by atoms with Crippen LogP contribution >= 0.6 is 0 Å². The highest BCUT2D eigenvalue weighted by atomic mass is 16.5. The second-order valence-corrected chi connectivity index (χ2v) is 6.83. The predicted molar refractivity (Wildman–Crippen MR) is 93.8 cm³/mol. The molecule has 0 aliphatic heterocycles. The van der Waals surface area contributed by atoms with Gasteiger partial charge in [0, 0.05) is 25.1 Å². The first-order chi connectivity index (χ1) is 11.8. The molecule has 6 heteroatoms. The Morgan fingerprint density at radius 3 is 2.36 bits per heavy atom. The number of benzene rings is 1. The second kappa shape index (κ2) is 7.51. The van der Waals surface area contributed by atoms with Gasteiger partial charge >= 0.3 is 0 Å². The van der Waals surface area contributed by atoms with E-state index in [0.29, 0.717) is 17.2 Å². The molecule has 0 amide bonds. The van der Waals surface area contributed by atoms with E-state index < -0.39 is 11.7 Å². The molecule has 0 saturated heterocycles. The highest BCUT2D eigenvalue weighted by Crippen LogP contribution is 2.34. The first kappa shape index (κ1) is 18.7. The first-order valence-corrected chi connectivity index (χ1v) is 8.02. The van der Waals surface area contributed by atoms with Crippen LogP contribution in [0.15, 0.2) is 30.5 Å². The van der Waals surface area contributed by atoms with Crippen molar-refractivity contribution in [3.8, 4) is 11.5 Å². The Morgan fingerprint density at radius 2 is 1.80 bits per heavy atom. The van der Waals surface area contributed by atoms with Gasteiger partial charge in [0.15, 0.2) is 17.3 Å². The molecule has 25 heavy (non-hydrogen) atoms. The molecule has 1 aromatic carbocycles. The standard InChI is InChI=1S/C19H23NO5/c1-19(2)10-15(22)18(16(23)11-19)14(21)7-8-20-13-9-12(24-3)5-6-17(13)25-4/h5-9,18,20H,10-11H2,1-4H3. The Bertz CT molecular complexity index is 701. The van der Waals surface area contributed by atoms with Crippen molar-refractivity contribution in [2.24, 2.45) is 11.3 Å². The summed E-state index contributed by atoms with van der Waals surface area (Å²) in [5, 5.41) is 2.93. The van der Waals surface area contributed by atoms with Crippen molar-refractivity contribution in [1.29, 1.82) is 0 Å². The number of carbonyl (C=O) groups excluding carboxylic acids is 3. The number of ether oxygens (including phenoxy) is 2. The molecule has 1 N–H and O–H groups in total. The normalized spacial score (nSPS) is 17.6. The predicted octanol–water partition coefficient (Wildman–Crippen LogP) is 2.77. The molecule has 0 bridgehead atoms. The number of Topliss-reactive ketones (excluding diaryl/α,β-unsaturated/α-hetero) is 2. The number of methoxy groups -OCH3 is 2. The van der Waals surface area contributed by atoms with Gasteiger partial charge in [-0.15, -0.1) is 0 Å². The number of allylic oxidation sites excluding steroid dienone is 1. The average molecular weight is 345 g/mol. The van der Waals surface area contributed by atoms with Crippen LogP contribution in [0.3, 0.4) is 0 Å². The number of nitrogens with one attached hydrogen (secondary N) is 1. The number of rotatable bonds is 6. The van der Waals surface area contributed by atoms with E-state index in [9.17, 15) is 14.4 Å². The SMILES string of the molecule is COc1ccc(OC)c(NC=CC(=O)C2C(=O)CC(C)(C)CC2=O)c1. The van der Waals surface area contributed by atoms with Crippen LogP contribution in [-0.2, 0) is 14.4 Å². The molecule has 0 radical (unpaired) electrons. The lowest BCUT2D eigenvalue weighted by Gasteiger charge is -2.30. The maximum absolute atomic E-state index is 12.3. The summed E-state index contributed by atoms with van der Waals surface area (Å²) in [5.41, 5.74) is 0.231. The van der Waals surface area contributed by atoms with Gasteiger partial charge in [0.25, 0.3) is 0 Å². The summed E-state index contributed by atoms with van der Waals surface area (Å²) in [5.74, 6) is -1.10. The molecule has 6 nitrogen and oxygen atoms in total. The van der Waals surface area contributed by atoms with E-state index in [1.165, 1.54) is 19.4 Å². The molecule has 0 heterocycles. The van der Waals surface area contributed by atoms with Crippen LogP contribution in [0.25, 0.3) is 0 Å². The quantitative estimate of drug-likeness (QED) is 0.631. The Kier molecular flexibility index (Phi) is 5.62. The first-order valence-electron chi connectivity index (χ1n) is 8.02. The lowest BCUT2D eigenvalue weighted by Crippen LogP contribution is -2.41. The lowest BCUT2D eigenvalue weighted by atomic mass is 9.70. The zero-order valence-electron chi connectivity index (χ0n) is 14.9. The summed E-state index contributed by atoms with van der Waals surface area (Å²) in [7, 11) is 3.08. The summed E-state index contributed by atoms with van der Waals surface area (Å²) in [4.78, 5) is 36.6. The van der Waals surface area contributed by atoms with Crippen LogP contribution in [0, 0.1) is 11.3 Å². The van der Waals surface area contributed by atoms with Gasteiger partial charge in [0.05, 0.1) is 19.9 Å². The minimum Gasteiger partial charge on any atom is -0.497 e. The van der Waals surface area contributed by atoms with E-state index in [2.05, 4.69) is 5.32 Å². The van der Waals surface area contributed by atoms with Crippen LogP contribution < -0.4 is 14.8 Å². The number of hydrogen-bond acceptors (Lipinski definition) is 6. The fraction of sp³-hybridized carbons (Fsp3) is 0.421. The van der Waals surface area contributed by atoms with Crippen LogP contribution in [0.2, 0.25) is 0 Å². The van der Waals surface area contributed by atoms with Crippen LogP contribution in [0.4, 0.5) is 5.69 Å². The van der Waals surface area contributed by atoms with E-state index >= 15 is 0 Å². The summed E-state index contributed by atoms with van der Waals surface area (Å²) in [6.45, 7) is 3.71. The van der Waals surface area contributed by atoms with Crippen molar-refractivity contribution >= 4 is 23.0 Å². The van der Waals surface area contributed by atoms with Gasteiger partial charge in [-0.05, 0) is 23.6 Å². The van der Waals surface area contributed by atoms with E-state index in [4.69, 9.17) is 9.47 Å². The molecule has 1 aliphatic rings. The number of anilines is 1. The van der Waals surface area contributed by atoms with Crippen molar-refractivity contribution in [2.75, 3.05) is 19.5 Å². The van der Waals surface area contributed by atoms with Crippen LogP contribution in [0.5, 0.6) is 11.5 Å². The summed E-state index contributed by atoms with van der Waals surface area (Å²) in [6.07, 6.45) is 3.10. The highest BCUT2D eigenvalue weighted by Gasteiger charge is 2.42. The van der Waals surface area contributed by atoms with E-state index in [1.807, 2.05) is 13.8 Å². The maximum Gasteiger partial charge on any atom is 0.175 e. The lowest BCUT2D eigenvalue weighted by molar-refractivity contribution is -0.143. The van der Waals surface area contributed by atoms with E-state index in [-0.39, 0.29) is 29.8 Å². The largest absolute Gasteiger partial charge is 0.497 e. The average Bonchev–Trinajstić information content (AvgIpc) is 2.52. The Balaban J connectivity index is 2.08. The number of hydrogen-bond donors (Lipinski definition) is 1. The zero-order chi connectivity index (χ0) is 18.6.